The number of hydrogen-bond donors (Lipinski definition) is 2. The van der Waals surface area contributed by atoms with Crippen LogP contribution in [0.25, 0.3) is 22.3 Å². The molecular formula is C12H9BrN4O2. The molecule has 0 aliphatic rings. The Kier molecular flexibility index (Phi) is 2.63. The molecule has 0 fully saturated rings. The zero-order chi connectivity index (χ0) is 13.6. The van der Waals surface area contributed by atoms with Crippen molar-refractivity contribution >= 4 is 32.9 Å². The number of aromatic nitrogens is 4. The second kappa shape index (κ2) is 4.20. The Labute approximate surface area is 116 Å². The van der Waals surface area contributed by atoms with Crippen molar-refractivity contribution in [1.29, 1.82) is 0 Å². The number of imidazole rings is 1. The van der Waals surface area contributed by atoms with Gasteiger partial charge in [-0.15, -0.1) is 0 Å². The van der Waals surface area contributed by atoms with Crippen LogP contribution < -0.4 is 0 Å². The van der Waals surface area contributed by atoms with Gasteiger partial charge in [-0.1, -0.05) is 6.07 Å². The van der Waals surface area contributed by atoms with Crippen LogP contribution in [0.15, 0.2) is 29.0 Å². The lowest BCUT2D eigenvalue weighted by molar-refractivity contribution is 0.0684. The lowest BCUT2D eigenvalue weighted by Crippen LogP contribution is -2.05. The summed E-state index contributed by atoms with van der Waals surface area (Å²) in [7, 11) is 1.60. The molecule has 1 aromatic carbocycles. The fourth-order valence-corrected chi connectivity index (χ4v) is 2.73. The first-order valence-electron chi connectivity index (χ1n) is 5.47. The standard InChI is InChI=1S/C12H9BrN4O2/c1-17-11(12(18)19)9(13)10(16-17)6-2-3-7-8(4-6)15-5-14-7/h2-5H,1H3,(H,14,15)(H,18,19). The predicted octanol–water partition coefficient (Wildman–Crippen LogP) is 2.42. The van der Waals surface area contributed by atoms with Crippen molar-refractivity contribution in [3.63, 3.8) is 0 Å². The molecule has 0 saturated heterocycles. The monoisotopic (exact) mass is 320 g/mol. The molecule has 0 aliphatic carbocycles. The molecule has 7 heteroatoms. The van der Waals surface area contributed by atoms with Gasteiger partial charge in [-0.25, -0.2) is 9.78 Å². The number of hydrogen-bond acceptors (Lipinski definition) is 3. The number of aryl methyl sites for hydroxylation is 1. The van der Waals surface area contributed by atoms with E-state index in [2.05, 4.69) is 31.0 Å². The van der Waals surface area contributed by atoms with Crippen molar-refractivity contribution in [3.8, 4) is 11.3 Å². The number of H-pyrrole nitrogens is 1. The van der Waals surface area contributed by atoms with Crippen molar-refractivity contribution in [2.24, 2.45) is 7.05 Å². The fraction of sp³-hybridized carbons (Fsp3) is 0.0833. The number of nitrogens with one attached hydrogen (secondary N) is 1. The first kappa shape index (κ1) is 11.9. The van der Waals surface area contributed by atoms with E-state index in [1.807, 2.05) is 18.2 Å². The van der Waals surface area contributed by atoms with E-state index in [0.29, 0.717) is 10.2 Å². The van der Waals surface area contributed by atoms with E-state index < -0.39 is 5.97 Å². The van der Waals surface area contributed by atoms with Gasteiger partial charge in [0, 0.05) is 12.6 Å². The smallest absolute Gasteiger partial charge is 0.355 e. The summed E-state index contributed by atoms with van der Waals surface area (Å²) in [6.45, 7) is 0. The molecule has 3 rings (SSSR count). The van der Waals surface area contributed by atoms with Crippen molar-refractivity contribution in [1.82, 2.24) is 19.7 Å². The topological polar surface area (TPSA) is 83.8 Å². The zero-order valence-corrected chi connectivity index (χ0v) is 11.5. The summed E-state index contributed by atoms with van der Waals surface area (Å²) in [4.78, 5) is 18.3. The van der Waals surface area contributed by atoms with E-state index in [9.17, 15) is 4.79 Å². The third kappa shape index (κ3) is 1.82. The van der Waals surface area contributed by atoms with E-state index in [1.54, 1.807) is 13.4 Å². The van der Waals surface area contributed by atoms with E-state index in [-0.39, 0.29) is 5.69 Å². The second-order valence-corrected chi connectivity index (χ2v) is 4.87. The maximum atomic E-state index is 11.2. The number of carboxylic acid groups (broad SMARTS) is 1. The van der Waals surface area contributed by atoms with Crippen LogP contribution in [-0.2, 0) is 7.05 Å². The zero-order valence-electron chi connectivity index (χ0n) is 9.88. The SMILES string of the molecule is Cn1nc(-c2ccc3nc[nH]c3c2)c(Br)c1C(=O)O. The van der Waals surface area contributed by atoms with Crippen LogP contribution in [0.4, 0.5) is 0 Å². The van der Waals surface area contributed by atoms with Gasteiger partial charge in [0.15, 0.2) is 5.69 Å². The van der Waals surface area contributed by atoms with Gasteiger partial charge in [0.1, 0.15) is 5.69 Å². The molecule has 0 bridgehead atoms. The van der Waals surface area contributed by atoms with Crippen LogP contribution in [0.5, 0.6) is 0 Å². The van der Waals surface area contributed by atoms with Crippen LogP contribution in [0.2, 0.25) is 0 Å². The molecule has 0 atom stereocenters. The van der Waals surface area contributed by atoms with Crippen molar-refractivity contribution in [3.05, 3.63) is 34.7 Å². The third-order valence-corrected chi connectivity index (χ3v) is 3.64. The third-order valence-electron chi connectivity index (χ3n) is 2.89. The van der Waals surface area contributed by atoms with Gasteiger partial charge in [0.2, 0.25) is 0 Å². The highest BCUT2D eigenvalue weighted by Crippen LogP contribution is 2.31. The summed E-state index contributed by atoms with van der Waals surface area (Å²) in [5, 5.41) is 13.4. The molecule has 2 N–H and O–H groups in total. The average Bonchev–Trinajstić information content (AvgIpc) is 2.92. The highest BCUT2D eigenvalue weighted by atomic mass is 79.9. The highest BCUT2D eigenvalue weighted by molar-refractivity contribution is 9.10. The number of carboxylic acids is 1. The molecule has 0 spiro atoms. The van der Waals surface area contributed by atoms with E-state index in [0.717, 1.165) is 16.6 Å². The Balaban J connectivity index is 2.21. The second-order valence-electron chi connectivity index (χ2n) is 4.07. The minimum Gasteiger partial charge on any atom is -0.476 e. The first-order valence-corrected chi connectivity index (χ1v) is 6.26. The quantitative estimate of drug-likeness (QED) is 0.759. The van der Waals surface area contributed by atoms with Crippen LogP contribution in [0, 0.1) is 0 Å². The number of aromatic amines is 1. The number of benzene rings is 1. The molecule has 19 heavy (non-hydrogen) atoms. The van der Waals surface area contributed by atoms with Gasteiger partial charge in [-0.2, -0.15) is 5.10 Å². The lowest BCUT2D eigenvalue weighted by Gasteiger charge is -1.97. The fourth-order valence-electron chi connectivity index (χ4n) is 2.00. The number of halogens is 1. The molecule has 3 aromatic rings. The van der Waals surface area contributed by atoms with E-state index in [4.69, 9.17) is 5.11 Å². The number of fused-ring (bicyclic) bond motifs is 1. The average molecular weight is 321 g/mol. The summed E-state index contributed by atoms with van der Waals surface area (Å²) in [6.07, 6.45) is 1.62. The predicted molar refractivity (Wildman–Crippen MR) is 73.0 cm³/mol. The summed E-state index contributed by atoms with van der Waals surface area (Å²) >= 11 is 3.30. The largest absolute Gasteiger partial charge is 0.476 e. The molecule has 0 amide bonds. The molecule has 0 saturated carbocycles. The Morgan fingerprint density at radius 3 is 2.95 bits per heavy atom. The Bertz CT molecular complexity index is 790. The molecule has 0 radical (unpaired) electrons. The van der Waals surface area contributed by atoms with Gasteiger partial charge in [-0.05, 0) is 28.1 Å². The van der Waals surface area contributed by atoms with Gasteiger partial charge in [0.25, 0.3) is 0 Å². The lowest BCUT2D eigenvalue weighted by atomic mass is 10.1. The van der Waals surface area contributed by atoms with Crippen molar-refractivity contribution < 1.29 is 9.90 Å². The Morgan fingerprint density at radius 1 is 1.47 bits per heavy atom. The van der Waals surface area contributed by atoms with Gasteiger partial charge in [-0.3, -0.25) is 4.68 Å². The molecular weight excluding hydrogens is 312 g/mol. The summed E-state index contributed by atoms with van der Waals surface area (Å²) in [5.41, 5.74) is 3.28. The first-order chi connectivity index (χ1) is 9.08. The number of nitrogens with zero attached hydrogens (tertiary/aromatic N) is 3. The summed E-state index contributed by atoms with van der Waals surface area (Å²) in [5.74, 6) is -1.02. The minimum atomic E-state index is -1.02. The molecule has 2 heterocycles. The van der Waals surface area contributed by atoms with Crippen LogP contribution in [0.1, 0.15) is 10.5 Å². The normalized spacial score (nSPS) is 11.1. The van der Waals surface area contributed by atoms with Gasteiger partial charge < -0.3 is 10.1 Å². The van der Waals surface area contributed by atoms with Gasteiger partial charge >= 0.3 is 5.97 Å². The molecule has 2 aromatic heterocycles. The van der Waals surface area contributed by atoms with Crippen LogP contribution >= 0.6 is 15.9 Å². The van der Waals surface area contributed by atoms with E-state index in [1.165, 1.54) is 4.68 Å². The number of rotatable bonds is 2. The van der Waals surface area contributed by atoms with Crippen LogP contribution in [-0.4, -0.2) is 30.8 Å². The molecule has 6 nitrogen and oxygen atoms in total. The van der Waals surface area contributed by atoms with Crippen molar-refractivity contribution in [2.75, 3.05) is 0 Å². The maximum Gasteiger partial charge on any atom is 0.355 e. The summed E-state index contributed by atoms with van der Waals surface area (Å²) in [6, 6.07) is 5.62. The number of carbonyl (C=O) groups is 1. The highest BCUT2D eigenvalue weighted by Gasteiger charge is 2.20. The van der Waals surface area contributed by atoms with Crippen molar-refractivity contribution in [2.45, 2.75) is 0 Å². The summed E-state index contributed by atoms with van der Waals surface area (Å²) < 4.78 is 1.82. The minimum absolute atomic E-state index is 0.125. The number of aromatic carboxylic acids is 1. The van der Waals surface area contributed by atoms with E-state index >= 15 is 0 Å². The van der Waals surface area contributed by atoms with Gasteiger partial charge in [0.05, 0.1) is 21.8 Å². The Morgan fingerprint density at radius 2 is 2.26 bits per heavy atom. The molecule has 0 aliphatic heterocycles. The Hall–Kier alpha value is -2.15. The molecule has 96 valence electrons. The van der Waals surface area contributed by atoms with Crippen LogP contribution in [0.3, 0.4) is 0 Å². The maximum absolute atomic E-state index is 11.2. The molecule has 0 unspecified atom stereocenters.